The Morgan fingerprint density at radius 3 is 2.15 bits per heavy atom. The second-order valence-corrected chi connectivity index (χ2v) is 12.8. The third-order valence-electron chi connectivity index (χ3n) is 9.64. The lowest BCUT2D eigenvalue weighted by atomic mass is 9.74. The first-order valence-corrected chi connectivity index (χ1v) is 14.8. The summed E-state index contributed by atoms with van der Waals surface area (Å²) in [4.78, 5) is 26.8. The number of carbonyl (C=O) groups is 2. The van der Waals surface area contributed by atoms with Gasteiger partial charge in [0.25, 0.3) is 0 Å². The van der Waals surface area contributed by atoms with Crippen molar-refractivity contribution < 1.29 is 43.9 Å². The Labute approximate surface area is 240 Å². The number of rotatable bonds is 5. The number of nitrogens with one attached hydrogen (secondary N) is 1. The number of ether oxygens (including phenoxy) is 4. The molecule has 4 N–H and O–H groups in total. The Kier molecular flexibility index (Phi) is 12.2. The van der Waals surface area contributed by atoms with Gasteiger partial charge in [-0.15, -0.1) is 0 Å². The molecule has 40 heavy (non-hydrogen) atoms. The summed E-state index contributed by atoms with van der Waals surface area (Å²) in [6.07, 6.45) is -4.00. The van der Waals surface area contributed by atoms with Gasteiger partial charge in [0.1, 0.15) is 17.5 Å². The Bertz CT molecular complexity index is 853. The zero-order chi connectivity index (χ0) is 30.7. The Morgan fingerprint density at radius 2 is 1.62 bits per heavy atom. The van der Waals surface area contributed by atoms with Gasteiger partial charge >= 0.3 is 5.97 Å². The van der Waals surface area contributed by atoms with E-state index in [4.69, 9.17) is 18.9 Å². The van der Waals surface area contributed by atoms with E-state index in [1.54, 1.807) is 34.6 Å². The molecule has 0 aromatic carbocycles. The molecule has 2 aliphatic rings. The van der Waals surface area contributed by atoms with Crippen molar-refractivity contribution in [3.05, 3.63) is 0 Å². The predicted octanol–water partition coefficient (Wildman–Crippen LogP) is 2.45. The fourth-order valence-electron chi connectivity index (χ4n) is 6.64. The first-order chi connectivity index (χ1) is 18.5. The molecule has 2 aliphatic heterocycles. The Morgan fingerprint density at radius 1 is 1.02 bits per heavy atom. The van der Waals surface area contributed by atoms with E-state index < -0.39 is 71.5 Å². The number of carbonyl (C=O) groups excluding carboxylic acids is 2. The number of ketones is 1. The molecule has 0 amide bonds. The van der Waals surface area contributed by atoms with Crippen LogP contribution in [-0.4, -0.2) is 95.3 Å². The summed E-state index contributed by atoms with van der Waals surface area (Å²) < 4.78 is 24.6. The zero-order valence-electron chi connectivity index (χ0n) is 26.3. The van der Waals surface area contributed by atoms with E-state index in [9.17, 15) is 24.9 Å². The van der Waals surface area contributed by atoms with Crippen molar-refractivity contribution in [1.29, 1.82) is 0 Å². The van der Waals surface area contributed by atoms with Crippen molar-refractivity contribution in [2.24, 2.45) is 29.6 Å². The van der Waals surface area contributed by atoms with E-state index in [2.05, 4.69) is 5.32 Å². The van der Waals surface area contributed by atoms with Crippen LogP contribution >= 0.6 is 0 Å². The summed E-state index contributed by atoms with van der Waals surface area (Å²) in [7, 11) is 3.44. The van der Waals surface area contributed by atoms with Gasteiger partial charge < -0.3 is 39.6 Å². The van der Waals surface area contributed by atoms with Crippen molar-refractivity contribution >= 4 is 11.8 Å². The second kappa shape index (κ2) is 13.9. The van der Waals surface area contributed by atoms with E-state index in [0.717, 1.165) is 6.42 Å². The lowest BCUT2D eigenvalue weighted by Crippen LogP contribution is -2.59. The molecular formula is C30H55NO9. The number of esters is 1. The van der Waals surface area contributed by atoms with Crippen LogP contribution in [0.4, 0.5) is 0 Å². The molecule has 2 saturated heterocycles. The molecule has 10 heteroatoms. The monoisotopic (exact) mass is 573 g/mol. The number of hydrogen-bond donors (Lipinski definition) is 4. The fourth-order valence-corrected chi connectivity index (χ4v) is 6.64. The van der Waals surface area contributed by atoms with Crippen LogP contribution in [0.3, 0.4) is 0 Å². The number of methoxy groups -OCH3 is 1. The molecule has 0 radical (unpaired) electrons. The van der Waals surface area contributed by atoms with E-state index in [0.29, 0.717) is 0 Å². The summed E-state index contributed by atoms with van der Waals surface area (Å²) >= 11 is 0. The molecule has 14 atom stereocenters. The van der Waals surface area contributed by atoms with Gasteiger partial charge in [-0.25, -0.2) is 0 Å². The molecule has 0 aliphatic carbocycles. The molecule has 0 saturated carbocycles. The summed E-state index contributed by atoms with van der Waals surface area (Å²) in [6, 6.07) is 0.150. The average molecular weight is 574 g/mol. The molecule has 0 spiro atoms. The molecule has 0 aromatic rings. The maximum Gasteiger partial charge on any atom is 0.311 e. The number of hydrogen-bond acceptors (Lipinski definition) is 10. The second-order valence-electron chi connectivity index (χ2n) is 12.8. The van der Waals surface area contributed by atoms with Crippen LogP contribution < -0.4 is 5.32 Å². The molecular weight excluding hydrogens is 518 g/mol. The highest BCUT2D eigenvalue weighted by Gasteiger charge is 2.51. The van der Waals surface area contributed by atoms with Gasteiger partial charge in [0.05, 0.1) is 35.9 Å². The molecule has 0 aromatic heterocycles. The minimum Gasteiger partial charge on any atom is -0.459 e. The summed E-state index contributed by atoms with van der Waals surface area (Å²) in [5.74, 6) is -4.14. The summed E-state index contributed by atoms with van der Waals surface area (Å²) in [6.45, 7) is 15.6. The van der Waals surface area contributed by atoms with E-state index in [-0.39, 0.29) is 36.7 Å². The molecule has 2 heterocycles. The first-order valence-electron chi connectivity index (χ1n) is 14.8. The van der Waals surface area contributed by atoms with Crippen LogP contribution in [0.1, 0.15) is 81.6 Å². The van der Waals surface area contributed by atoms with Crippen LogP contribution in [0.5, 0.6) is 0 Å². The van der Waals surface area contributed by atoms with Crippen molar-refractivity contribution in [3.8, 4) is 0 Å². The molecule has 2 rings (SSSR count). The largest absolute Gasteiger partial charge is 0.459 e. The smallest absolute Gasteiger partial charge is 0.311 e. The minimum absolute atomic E-state index is 0.0242. The average Bonchev–Trinajstić information content (AvgIpc) is 2.92. The lowest BCUT2D eigenvalue weighted by molar-refractivity contribution is -0.283. The maximum absolute atomic E-state index is 13.6. The number of aliphatic hydroxyl groups is 3. The van der Waals surface area contributed by atoms with Gasteiger partial charge in [-0.3, -0.25) is 9.59 Å². The molecule has 0 bridgehead atoms. The van der Waals surface area contributed by atoms with Crippen LogP contribution in [0.15, 0.2) is 0 Å². The molecule has 10 nitrogen and oxygen atoms in total. The maximum atomic E-state index is 13.6. The van der Waals surface area contributed by atoms with Gasteiger partial charge in [-0.05, 0) is 54.0 Å². The number of Topliss-reactive ketones (excluding diaryl/α,β-unsaturated/α-hetero) is 1. The predicted molar refractivity (Wildman–Crippen MR) is 150 cm³/mol. The Balaban J connectivity index is 2.59. The third-order valence-corrected chi connectivity index (χ3v) is 9.64. The van der Waals surface area contributed by atoms with Gasteiger partial charge in [-0.2, -0.15) is 0 Å². The summed E-state index contributed by atoms with van der Waals surface area (Å²) in [5.41, 5.74) is -2.97. The van der Waals surface area contributed by atoms with Gasteiger partial charge in [0.2, 0.25) is 0 Å². The topological polar surface area (TPSA) is 144 Å². The number of cyclic esters (lactones) is 1. The van der Waals surface area contributed by atoms with Crippen molar-refractivity contribution in [2.75, 3.05) is 14.2 Å². The highest BCUT2D eigenvalue weighted by atomic mass is 16.7. The van der Waals surface area contributed by atoms with Gasteiger partial charge in [0.15, 0.2) is 6.29 Å². The van der Waals surface area contributed by atoms with E-state index >= 15 is 0 Å². The van der Waals surface area contributed by atoms with Crippen LogP contribution in [0.25, 0.3) is 0 Å². The SMILES string of the molecule is CC[C@H]1OC(=O)[C@H](C)[C@@H](O)[C@H](C)[C@@H](O[C@@H]2O[C@H](C)C[C@H](NC)[C@H]2C)[C@](C)(OC)C[C@@H](C)C(=O)[C@H](C)[C@@H](O)[C@]1(C)O. The minimum atomic E-state index is -1.88. The van der Waals surface area contributed by atoms with E-state index in [1.807, 2.05) is 27.8 Å². The first kappa shape index (κ1) is 35.1. The standard InChI is InChI=1S/C30H55NO9/c1-12-22-30(9,36)25(34)18(5)23(32)15(2)14-29(8,37-11)26(19(6)24(33)20(7)27(35)39-22)40-28-17(4)21(31-10)13-16(3)38-28/h15-22,24-26,28,31,33-34,36H,12-14H2,1-11H3/t15-,16-,17-,18+,19+,20-,21+,22-,24+,25-,26-,28+,29-,30-/m1/s1. The number of aliphatic hydroxyl groups excluding tert-OH is 2. The molecule has 2 fully saturated rings. The zero-order valence-corrected chi connectivity index (χ0v) is 26.3. The molecule has 0 unspecified atom stereocenters. The van der Waals surface area contributed by atoms with Crippen LogP contribution in [-0.2, 0) is 28.5 Å². The van der Waals surface area contributed by atoms with Crippen LogP contribution in [0, 0.1) is 29.6 Å². The Hall–Kier alpha value is -1.14. The quantitative estimate of drug-likeness (QED) is 0.362. The van der Waals surface area contributed by atoms with Gasteiger partial charge in [0, 0.05) is 36.8 Å². The van der Waals surface area contributed by atoms with E-state index in [1.165, 1.54) is 14.0 Å². The van der Waals surface area contributed by atoms with Gasteiger partial charge in [-0.1, -0.05) is 34.6 Å². The normalized spacial score (nSPS) is 48.4. The molecule has 234 valence electrons. The van der Waals surface area contributed by atoms with Crippen molar-refractivity contribution in [3.63, 3.8) is 0 Å². The highest BCUT2D eigenvalue weighted by Crippen LogP contribution is 2.39. The van der Waals surface area contributed by atoms with Crippen LogP contribution in [0.2, 0.25) is 0 Å². The fraction of sp³-hybridized carbons (Fsp3) is 0.933. The highest BCUT2D eigenvalue weighted by molar-refractivity contribution is 5.83. The lowest BCUT2D eigenvalue weighted by Gasteiger charge is -2.48. The van der Waals surface area contributed by atoms with Crippen molar-refractivity contribution in [1.82, 2.24) is 5.32 Å². The van der Waals surface area contributed by atoms with Crippen molar-refractivity contribution in [2.45, 2.75) is 136 Å². The third kappa shape index (κ3) is 7.25. The summed E-state index contributed by atoms with van der Waals surface area (Å²) in [5, 5.41) is 37.2.